The van der Waals surface area contributed by atoms with Crippen LogP contribution in [0.1, 0.15) is 17.0 Å². The molecule has 144 valence electrons. The van der Waals surface area contributed by atoms with Gasteiger partial charge in [-0.05, 0) is 19.4 Å². The number of aromatic nitrogens is 1. The second-order valence-electron chi connectivity index (χ2n) is 6.04. The molecule has 5 N–H and O–H groups in total. The van der Waals surface area contributed by atoms with Crippen LogP contribution in [0.5, 0.6) is 0 Å². The first-order chi connectivity index (χ1) is 13.1. The lowest BCUT2D eigenvalue weighted by Crippen LogP contribution is -2.36. The Labute approximate surface area is 157 Å². The van der Waals surface area contributed by atoms with Gasteiger partial charge in [0.15, 0.2) is 0 Å². The molecule has 0 radical (unpaired) electrons. The molecule has 0 saturated heterocycles. The zero-order chi connectivity index (χ0) is 19.2. The van der Waals surface area contributed by atoms with Gasteiger partial charge in [-0.25, -0.2) is 0 Å². The molecule has 0 amide bonds. The maximum Gasteiger partial charge on any atom is 0.141 e. The fourth-order valence-corrected chi connectivity index (χ4v) is 2.98. The monoisotopic (exact) mass is 372 g/mol. The number of nitrogens with zero attached hydrogens (tertiary/aromatic N) is 2. The second-order valence-corrected chi connectivity index (χ2v) is 6.04. The van der Waals surface area contributed by atoms with Crippen LogP contribution in [-0.4, -0.2) is 35.7 Å². The summed E-state index contributed by atoms with van der Waals surface area (Å²) in [5.74, 6) is 1.60. The summed E-state index contributed by atoms with van der Waals surface area (Å²) < 4.78 is 5.27. The Balaban J connectivity index is 1.95. The summed E-state index contributed by atoms with van der Waals surface area (Å²) in [6, 6.07) is 8.16. The predicted octanol–water partition coefficient (Wildman–Crippen LogP) is 1.60. The molecule has 9 nitrogen and oxygen atoms in total. The van der Waals surface area contributed by atoms with Gasteiger partial charge in [0.25, 0.3) is 0 Å². The Morgan fingerprint density at radius 1 is 1.26 bits per heavy atom. The Morgan fingerprint density at radius 3 is 2.67 bits per heavy atom. The molecule has 9 heteroatoms. The zero-order valence-corrected chi connectivity index (χ0v) is 15.5. The summed E-state index contributed by atoms with van der Waals surface area (Å²) in [6.45, 7) is 4.49. The van der Waals surface area contributed by atoms with Crippen molar-refractivity contribution < 1.29 is 14.6 Å². The maximum absolute atomic E-state index is 8.62. The third-order valence-electron chi connectivity index (χ3n) is 4.24. The molecule has 1 aliphatic rings. The molecule has 2 heterocycles. The van der Waals surface area contributed by atoms with Crippen LogP contribution >= 0.6 is 0 Å². The number of hydrogen-bond acceptors (Lipinski definition) is 9. The molecule has 0 aliphatic carbocycles. The molecule has 1 aromatic heterocycles. The minimum atomic E-state index is 0.0831. The van der Waals surface area contributed by atoms with E-state index >= 15 is 0 Å². The van der Waals surface area contributed by atoms with Crippen LogP contribution in [-0.2, 0) is 4.84 Å². The average molecular weight is 372 g/mol. The van der Waals surface area contributed by atoms with Gasteiger partial charge in [-0.1, -0.05) is 35.1 Å². The van der Waals surface area contributed by atoms with Gasteiger partial charge >= 0.3 is 0 Å². The van der Waals surface area contributed by atoms with Crippen molar-refractivity contribution in [2.75, 3.05) is 20.4 Å². The van der Waals surface area contributed by atoms with Gasteiger partial charge in [0, 0.05) is 30.6 Å². The van der Waals surface area contributed by atoms with Crippen LogP contribution in [0.15, 0.2) is 47.0 Å². The Hall–Kier alpha value is -3.01. The van der Waals surface area contributed by atoms with Gasteiger partial charge in [-0.3, -0.25) is 10.0 Å². The molecule has 0 unspecified atom stereocenters. The van der Waals surface area contributed by atoms with Crippen molar-refractivity contribution in [2.45, 2.75) is 13.8 Å². The summed E-state index contributed by atoms with van der Waals surface area (Å²) >= 11 is 0. The van der Waals surface area contributed by atoms with Crippen LogP contribution in [0.2, 0.25) is 0 Å². The highest BCUT2D eigenvalue weighted by Gasteiger charge is 2.16. The fourth-order valence-electron chi connectivity index (χ4n) is 2.98. The van der Waals surface area contributed by atoms with Crippen LogP contribution in [0.3, 0.4) is 0 Å². The molecular weight excluding hydrogens is 348 g/mol. The maximum atomic E-state index is 8.62. The van der Waals surface area contributed by atoms with Crippen LogP contribution in [0.4, 0.5) is 0 Å². The smallest absolute Gasteiger partial charge is 0.141 e. The van der Waals surface area contributed by atoms with E-state index in [-0.39, 0.29) is 6.73 Å². The molecule has 27 heavy (non-hydrogen) atoms. The van der Waals surface area contributed by atoms with Crippen LogP contribution < -0.4 is 21.6 Å². The van der Waals surface area contributed by atoms with E-state index in [4.69, 9.17) is 14.6 Å². The van der Waals surface area contributed by atoms with E-state index in [0.29, 0.717) is 6.67 Å². The van der Waals surface area contributed by atoms with E-state index < -0.39 is 0 Å². The first-order valence-corrected chi connectivity index (χ1v) is 8.51. The van der Waals surface area contributed by atoms with E-state index in [0.717, 1.165) is 39.7 Å². The second kappa shape index (κ2) is 8.58. The third-order valence-corrected chi connectivity index (χ3v) is 4.24. The summed E-state index contributed by atoms with van der Waals surface area (Å²) in [4.78, 5) is 6.70. The number of aryl methyl sites for hydroxylation is 2. The minimum absolute atomic E-state index is 0.0831. The molecule has 3 rings (SSSR count). The molecule has 0 spiro atoms. The third kappa shape index (κ3) is 4.22. The largest absolute Gasteiger partial charge is 0.373 e. The molecule has 0 atom stereocenters. The van der Waals surface area contributed by atoms with Gasteiger partial charge in [0.1, 0.15) is 18.3 Å². The number of benzene rings is 1. The zero-order valence-electron chi connectivity index (χ0n) is 15.5. The van der Waals surface area contributed by atoms with E-state index in [1.807, 2.05) is 62.5 Å². The molecule has 0 fully saturated rings. The molecule has 1 aliphatic heterocycles. The highest BCUT2D eigenvalue weighted by atomic mass is 16.8. The van der Waals surface area contributed by atoms with Crippen LogP contribution in [0.25, 0.3) is 16.8 Å². The number of hydrogen-bond donors (Lipinski definition) is 5. The Morgan fingerprint density at radius 2 is 2.00 bits per heavy atom. The minimum Gasteiger partial charge on any atom is -0.373 e. The van der Waals surface area contributed by atoms with E-state index in [1.165, 1.54) is 0 Å². The Kier molecular flexibility index (Phi) is 5.97. The Bertz CT molecular complexity index is 809. The highest BCUT2D eigenvalue weighted by molar-refractivity contribution is 5.72. The van der Waals surface area contributed by atoms with Gasteiger partial charge in [0.2, 0.25) is 0 Å². The lowest BCUT2D eigenvalue weighted by Gasteiger charge is -2.27. The molecule has 1 aromatic carbocycles. The normalized spacial score (nSPS) is 18.3. The van der Waals surface area contributed by atoms with Crippen molar-refractivity contribution in [3.8, 4) is 11.1 Å². The van der Waals surface area contributed by atoms with Crippen molar-refractivity contribution in [3.63, 3.8) is 0 Å². The van der Waals surface area contributed by atoms with E-state index in [9.17, 15) is 0 Å². The van der Waals surface area contributed by atoms with E-state index in [2.05, 4.69) is 21.1 Å². The van der Waals surface area contributed by atoms with Gasteiger partial charge < -0.3 is 25.4 Å². The molecule has 0 bridgehead atoms. The van der Waals surface area contributed by atoms with Gasteiger partial charge in [0.05, 0.1) is 18.1 Å². The van der Waals surface area contributed by atoms with Crippen molar-refractivity contribution in [1.82, 2.24) is 31.7 Å². The predicted molar refractivity (Wildman–Crippen MR) is 100 cm³/mol. The molecular formula is C18H24N6O3. The first kappa shape index (κ1) is 18.8. The summed E-state index contributed by atoms with van der Waals surface area (Å²) in [5.41, 5.74) is 6.49. The van der Waals surface area contributed by atoms with Crippen molar-refractivity contribution in [1.29, 1.82) is 0 Å². The SMILES string of the molecule is Cc1noc(C)c1-c1ccc(/C2=C(\NCONO)N(C)/C=C\NCN2)cc1. The van der Waals surface area contributed by atoms with E-state index in [1.54, 1.807) is 5.64 Å². The fraction of sp³-hybridized carbons (Fsp3) is 0.278. The lowest BCUT2D eigenvalue weighted by molar-refractivity contribution is -0.131. The first-order valence-electron chi connectivity index (χ1n) is 8.51. The summed E-state index contributed by atoms with van der Waals surface area (Å²) in [7, 11) is 1.91. The quantitative estimate of drug-likeness (QED) is 0.294. The van der Waals surface area contributed by atoms with Crippen molar-refractivity contribution >= 4 is 5.70 Å². The topological polar surface area (TPSA) is 107 Å². The van der Waals surface area contributed by atoms with Gasteiger partial charge in [-0.15, -0.1) is 0 Å². The summed E-state index contributed by atoms with van der Waals surface area (Å²) in [5, 5.41) is 22.3. The van der Waals surface area contributed by atoms with Crippen molar-refractivity contribution in [3.05, 3.63) is 59.5 Å². The average Bonchev–Trinajstić information content (AvgIpc) is 2.99. The van der Waals surface area contributed by atoms with Crippen molar-refractivity contribution in [2.24, 2.45) is 0 Å². The highest BCUT2D eigenvalue weighted by Crippen LogP contribution is 2.28. The number of rotatable bonds is 6. The molecule has 0 saturated carbocycles. The lowest BCUT2D eigenvalue weighted by atomic mass is 10.0. The number of nitrogens with one attached hydrogen (secondary N) is 4. The van der Waals surface area contributed by atoms with Gasteiger partial charge in [-0.2, -0.15) is 0 Å². The van der Waals surface area contributed by atoms with Crippen LogP contribution in [0, 0.1) is 13.8 Å². The summed E-state index contributed by atoms with van der Waals surface area (Å²) in [6.07, 6.45) is 3.74. The standard InChI is InChI=1S/C18H24N6O3/c1-12-16(13(2)27-22-12)14-4-6-15(7-5-14)17-18(21-11-26-23-25)24(3)9-8-19-10-20-17/h4-9,19-21,23,25H,10-11H2,1-3H3/b9-8-,18-17-. The molecule has 2 aromatic rings.